The summed E-state index contributed by atoms with van der Waals surface area (Å²) in [6, 6.07) is 4.22. The molecule has 104 valence electrons. The van der Waals surface area contributed by atoms with Gasteiger partial charge in [-0.05, 0) is 43.4 Å². The Balaban J connectivity index is 2.12. The van der Waals surface area contributed by atoms with Crippen molar-refractivity contribution >= 4 is 0 Å². The summed E-state index contributed by atoms with van der Waals surface area (Å²) in [5.41, 5.74) is 2.36. The minimum absolute atomic E-state index is 0.788. The highest BCUT2D eigenvalue weighted by atomic mass is 16.5. The summed E-state index contributed by atoms with van der Waals surface area (Å²) in [6.07, 6.45) is 5.43. The van der Waals surface area contributed by atoms with Gasteiger partial charge in [0.1, 0.15) is 0 Å². The number of benzene rings is 1. The third-order valence-electron chi connectivity index (χ3n) is 3.44. The molecule has 0 aromatic heterocycles. The topological polar surface area (TPSA) is 30.5 Å². The molecule has 3 nitrogen and oxygen atoms in total. The van der Waals surface area contributed by atoms with Gasteiger partial charge in [0.25, 0.3) is 0 Å². The minimum Gasteiger partial charge on any atom is -0.493 e. The van der Waals surface area contributed by atoms with Crippen LogP contribution in [0.3, 0.4) is 0 Å². The Morgan fingerprint density at radius 2 is 2.11 bits per heavy atom. The summed E-state index contributed by atoms with van der Waals surface area (Å²) < 4.78 is 10.9. The summed E-state index contributed by atoms with van der Waals surface area (Å²) in [5, 5.41) is 3.50. The van der Waals surface area contributed by atoms with Crippen LogP contribution in [-0.4, -0.2) is 20.8 Å². The molecular weight excluding hydrogens is 238 g/mol. The first-order chi connectivity index (χ1) is 9.28. The maximum absolute atomic E-state index is 5.43. The average Bonchev–Trinajstić information content (AvgIpc) is 3.22. The van der Waals surface area contributed by atoms with Crippen molar-refractivity contribution in [3.05, 3.63) is 35.9 Å². The smallest absolute Gasteiger partial charge is 0.164 e. The third-order valence-corrected chi connectivity index (χ3v) is 3.44. The van der Waals surface area contributed by atoms with Gasteiger partial charge >= 0.3 is 0 Å². The lowest BCUT2D eigenvalue weighted by Gasteiger charge is -2.14. The van der Waals surface area contributed by atoms with Gasteiger partial charge in [-0.15, -0.1) is 6.58 Å². The van der Waals surface area contributed by atoms with Crippen LogP contribution in [0.1, 0.15) is 24.0 Å². The average molecular weight is 261 g/mol. The number of ether oxygens (including phenoxy) is 2. The molecule has 0 amide bonds. The van der Waals surface area contributed by atoms with Crippen molar-refractivity contribution in [2.45, 2.75) is 25.8 Å². The van der Waals surface area contributed by atoms with Crippen LogP contribution in [0.25, 0.3) is 0 Å². The van der Waals surface area contributed by atoms with Crippen molar-refractivity contribution in [1.82, 2.24) is 5.32 Å². The number of rotatable bonds is 8. The number of hydrogen-bond donors (Lipinski definition) is 1. The molecule has 0 unspecified atom stereocenters. The van der Waals surface area contributed by atoms with Crippen molar-refractivity contribution in [1.29, 1.82) is 0 Å². The molecule has 2 rings (SSSR count). The zero-order valence-electron chi connectivity index (χ0n) is 11.9. The van der Waals surface area contributed by atoms with Gasteiger partial charge in [0.2, 0.25) is 0 Å². The molecule has 1 saturated carbocycles. The maximum atomic E-state index is 5.43. The Hall–Kier alpha value is -1.48. The SMILES string of the molecule is C=CCc1cc(CNCC2CC2)cc(OC)c1OC. The molecule has 0 radical (unpaired) electrons. The van der Waals surface area contributed by atoms with E-state index in [0.717, 1.165) is 42.5 Å². The summed E-state index contributed by atoms with van der Waals surface area (Å²) >= 11 is 0. The minimum atomic E-state index is 0.788. The fourth-order valence-corrected chi connectivity index (χ4v) is 2.26. The van der Waals surface area contributed by atoms with Crippen LogP contribution in [0, 0.1) is 5.92 Å². The van der Waals surface area contributed by atoms with Crippen LogP contribution < -0.4 is 14.8 Å². The second-order valence-electron chi connectivity index (χ2n) is 5.06. The fraction of sp³-hybridized carbons (Fsp3) is 0.500. The van der Waals surface area contributed by atoms with Gasteiger partial charge in [0.05, 0.1) is 14.2 Å². The summed E-state index contributed by atoms with van der Waals surface area (Å²) in [5.74, 6) is 2.51. The van der Waals surface area contributed by atoms with E-state index in [-0.39, 0.29) is 0 Å². The third kappa shape index (κ3) is 3.74. The second-order valence-corrected chi connectivity index (χ2v) is 5.06. The molecule has 1 aromatic rings. The molecule has 1 aliphatic carbocycles. The Bertz CT molecular complexity index is 439. The second kappa shape index (κ2) is 6.62. The Morgan fingerprint density at radius 1 is 1.32 bits per heavy atom. The fourth-order valence-electron chi connectivity index (χ4n) is 2.26. The zero-order valence-corrected chi connectivity index (χ0v) is 11.9. The molecule has 0 bridgehead atoms. The van der Waals surface area contributed by atoms with Gasteiger partial charge in [-0.1, -0.05) is 12.1 Å². The molecule has 19 heavy (non-hydrogen) atoms. The normalized spacial score (nSPS) is 14.2. The van der Waals surface area contributed by atoms with Gasteiger partial charge in [0, 0.05) is 12.1 Å². The molecule has 0 heterocycles. The van der Waals surface area contributed by atoms with Crippen molar-refractivity contribution in [3.8, 4) is 11.5 Å². The predicted molar refractivity (Wildman–Crippen MR) is 77.9 cm³/mol. The Kier molecular flexibility index (Phi) is 4.86. The van der Waals surface area contributed by atoms with Gasteiger partial charge in [0.15, 0.2) is 11.5 Å². The zero-order chi connectivity index (χ0) is 13.7. The van der Waals surface area contributed by atoms with Gasteiger partial charge in [-0.2, -0.15) is 0 Å². The van der Waals surface area contributed by atoms with Crippen LogP contribution >= 0.6 is 0 Å². The van der Waals surface area contributed by atoms with E-state index < -0.39 is 0 Å². The lowest BCUT2D eigenvalue weighted by molar-refractivity contribution is 0.351. The van der Waals surface area contributed by atoms with Crippen molar-refractivity contribution < 1.29 is 9.47 Å². The molecule has 0 saturated heterocycles. The molecule has 0 atom stereocenters. The molecule has 1 fully saturated rings. The van der Waals surface area contributed by atoms with E-state index in [1.54, 1.807) is 14.2 Å². The number of methoxy groups -OCH3 is 2. The summed E-state index contributed by atoms with van der Waals surface area (Å²) in [4.78, 5) is 0. The number of nitrogens with one attached hydrogen (secondary N) is 1. The van der Waals surface area contributed by atoms with E-state index in [1.165, 1.54) is 18.4 Å². The van der Waals surface area contributed by atoms with E-state index in [1.807, 2.05) is 12.1 Å². The molecule has 1 N–H and O–H groups in total. The first-order valence-electron chi connectivity index (χ1n) is 6.83. The highest BCUT2D eigenvalue weighted by Crippen LogP contribution is 2.33. The van der Waals surface area contributed by atoms with Gasteiger partial charge in [-0.25, -0.2) is 0 Å². The van der Waals surface area contributed by atoms with Crippen molar-refractivity contribution in [2.75, 3.05) is 20.8 Å². The molecule has 0 spiro atoms. The first kappa shape index (κ1) is 13.9. The highest BCUT2D eigenvalue weighted by Gasteiger charge is 2.20. The standard InChI is InChI=1S/C16H23NO2/c1-4-5-14-8-13(11-17-10-12-6-7-12)9-15(18-2)16(14)19-3/h4,8-9,12,17H,1,5-7,10-11H2,2-3H3. The number of hydrogen-bond acceptors (Lipinski definition) is 3. The van der Waals surface area contributed by atoms with Gasteiger partial charge < -0.3 is 14.8 Å². The predicted octanol–water partition coefficient (Wildman–Crippen LogP) is 2.93. The van der Waals surface area contributed by atoms with Crippen LogP contribution in [0.15, 0.2) is 24.8 Å². The van der Waals surface area contributed by atoms with Crippen molar-refractivity contribution in [2.24, 2.45) is 5.92 Å². The van der Waals surface area contributed by atoms with Crippen LogP contribution in [0.4, 0.5) is 0 Å². The van der Waals surface area contributed by atoms with Crippen LogP contribution in [-0.2, 0) is 13.0 Å². The van der Waals surface area contributed by atoms with E-state index in [9.17, 15) is 0 Å². The lowest BCUT2D eigenvalue weighted by atomic mass is 10.1. The van der Waals surface area contributed by atoms with Crippen molar-refractivity contribution in [3.63, 3.8) is 0 Å². The molecule has 0 aliphatic heterocycles. The summed E-state index contributed by atoms with van der Waals surface area (Å²) in [6.45, 7) is 5.79. The molecular formula is C16H23NO2. The van der Waals surface area contributed by atoms with E-state index in [4.69, 9.17) is 9.47 Å². The first-order valence-corrected chi connectivity index (χ1v) is 6.83. The lowest BCUT2D eigenvalue weighted by Crippen LogP contribution is -2.16. The molecule has 1 aromatic carbocycles. The van der Waals surface area contributed by atoms with Crippen LogP contribution in [0.5, 0.6) is 11.5 Å². The monoisotopic (exact) mass is 261 g/mol. The quantitative estimate of drug-likeness (QED) is 0.730. The van der Waals surface area contributed by atoms with E-state index in [0.29, 0.717) is 0 Å². The van der Waals surface area contributed by atoms with E-state index >= 15 is 0 Å². The highest BCUT2D eigenvalue weighted by molar-refractivity contribution is 5.50. The Labute approximate surface area is 115 Å². The number of allylic oxidation sites excluding steroid dienone is 1. The molecule has 1 aliphatic rings. The maximum Gasteiger partial charge on any atom is 0.164 e. The van der Waals surface area contributed by atoms with E-state index in [2.05, 4.69) is 18.0 Å². The largest absolute Gasteiger partial charge is 0.493 e. The van der Waals surface area contributed by atoms with Gasteiger partial charge in [-0.3, -0.25) is 0 Å². The summed E-state index contributed by atoms with van der Waals surface area (Å²) in [7, 11) is 3.35. The van der Waals surface area contributed by atoms with Crippen LogP contribution in [0.2, 0.25) is 0 Å². The Morgan fingerprint density at radius 3 is 2.68 bits per heavy atom. The molecule has 3 heteroatoms.